The molecule has 0 spiro atoms. The van der Waals surface area contributed by atoms with Gasteiger partial charge in [0.15, 0.2) is 0 Å². The minimum absolute atomic E-state index is 0.198. The van der Waals surface area contributed by atoms with Crippen molar-refractivity contribution in [1.29, 1.82) is 0 Å². The van der Waals surface area contributed by atoms with Crippen LogP contribution in [0.4, 0.5) is 5.69 Å². The summed E-state index contributed by atoms with van der Waals surface area (Å²) in [4.78, 5) is 25.1. The lowest BCUT2D eigenvalue weighted by atomic mass is 9.96. The Hall–Kier alpha value is -1.84. The zero-order valence-electron chi connectivity index (χ0n) is 12.5. The molecule has 1 saturated carbocycles. The Bertz CT molecular complexity index is 560. The van der Waals surface area contributed by atoms with E-state index in [1.54, 1.807) is 6.07 Å². The molecule has 4 nitrogen and oxygen atoms in total. The molecule has 1 heterocycles. The number of hydrogen-bond acceptors (Lipinski definition) is 3. The fraction of sp³-hybridized carbons (Fsp3) is 0.529. The van der Waals surface area contributed by atoms with Crippen LogP contribution >= 0.6 is 0 Å². The molecule has 0 atom stereocenters. The molecule has 1 aromatic rings. The minimum Gasteiger partial charge on any atom is -0.382 e. The van der Waals surface area contributed by atoms with Crippen LogP contribution in [0.15, 0.2) is 18.2 Å². The third-order valence-corrected chi connectivity index (χ3v) is 4.57. The van der Waals surface area contributed by atoms with E-state index < -0.39 is 0 Å². The summed E-state index contributed by atoms with van der Waals surface area (Å²) in [6, 6.07) is 6.00. The van der Waals surface area contributed by atoms with Crippen LogP contribution in [0.3, 0.4) is 0 Å². The highest BCUT2D eigenvalue weighted by Gasteiger charge is 2.32. The maximum absolute atomic E-state index is 12.0. The van der Waals surface area contributed by atoms with Crippen LogP contribution < -0.4 is 5.32 Å². The van der Waals surface area contributed by atoms with E-state index in [2.05, 4.69) is 5.32 Å². The maximum Gasteiger partial charge on any atom is 0.261 e. The van der Waals surface area contributed by atoms with Crippen LogP contribution in [0.1, 0.15) is 65.7 Å². The number of amides is 2. The van der Waals surface area contributed by atoms with E-state index in [4.69, 9.17) is 0 Å². The summed E-state index contributed by atoms with van der Waals surface area (Å²) in [6.07, 6.45) is 8.90. The molecule has 1 aliphatic carbocycles. The van der Waals surface area contributed by atoms with Crippen molar-refractivity contribution >= 4 is 17.5 Å². The summed E-state index contributed by atoms with van der Waals surface area (Å²) in [5.41, 5.74) is 2.00. The second kappa shape index (κ2) is 5.88. The fourth-order valence-corrected chi connectivity index (χ4v) is 3.29. The number of carbonyl (C=O) groups is 2. The number of fused-ring (bicyclic) bond motifs is 1. The van der Waals surface area contributed by atoms with Gasteiger partial charge in [0.2, 0.25) is 0 Å². The number of benzene rings is 1. The Kier molecular flexibility index (Phi) is 3.95. The van der Waals surface area contributed by atoms with Gasteiger partial charge in [0.1, 0.15) is 0 Å². The second-order valence-corrected chi connectivity index (χ2v) is 6.12. The molecule has 2 amide bonds. The van der Waals surface area contributed by atoms with Gasteiger partial charge >= 0.3 is 0 Å². The quantitative estimate of drug-likeness (QED) is 0.847. The smallest absolute Gasteiger partial charge is 0.261 e. The Balaban J connectivity index is 1.75. The molecule has 21 heavy (non-hydrogen) atoms. The zero-order valence-corrected chi connectivity index (χ0v) is 12.5. The Morgan fingerprint density at radius 3 is 2.29 bits per heavy atom. The van der Waals surface area contributed by atoms with Gasteiger partial charge < -0.3 is 5.32 Å². The van der Waals surface area contributed by atoms with E-state index in [1.807, 2.05) is 12.1 Å². The van der Waals surface area contributed by atoms with Crippen molar-refractivity contribution < 1.29 is 9.59 Å². The molecule has 1 aliphatic heterocycles. The topological polar surface area (TPSA) is 49.4 Å². The van der Waals surface area contributed by atoms with E-state index in [0.717, 1.165) is 5.69 Å². The molecule has 1 aromatic carbocycles. The molecule has 1 fully saturated rings. The first kappa shape index (κ1) is 14.1. The molecule has 3 rings (SSSR count). The van der Waals surface area contributed by atoms with Crippen LogP contribution in [-0.2, 0) is 0 Å². The summed E-state index contributed by atoms with van der Waals surface area (Å²) in [7, 11) is 1.53. The first-order valence-corrected chi connectivity index (χ1v) is 7.90. The molecule has 0 unspecified atom stereocenters. The van der Waals surface area contributed by atoms with Crippen molar-refractivity contribution in [3.8, 4) is 0 Å². The Labute approximate surface area is 125 Å². The van der Waals surface area contributed by atoms with Gasteiger partial charge in [-0.3, -0.25) is 14.5 Å². The molecule has 2 aliphatic rings. The molecule has 0 bridgehead atoms. The fourth-order valence-electron chi connectivity index (χ4n) is 3.29. The summed E-state index contributed by atoms with van der Waals surface area (Å²) in [6.45, 7) is 0. The highest BCUT2D eigenvalue weighted by atomic mass is 16.2. The lowest BCUT2D eigenvalue weighted by molar-refractivity contribution is 0.0693. The predicted molar refractivity (Wildman–Crippen MR) is 82.6 cm³/mol. The Morgan fingerprint density at radius 2 is 1.57 bits per heavy atom. The van der Waals surface area contributed by atoms with Gasteiger partial charge in [0.25, 0.3) is 11.8 Å². The number of nitrogens with zero attached hydrogens (tertiary/aromatic N) is 1. The largest absolute Gasteiger partial charge is 0.382 e. The molecule has 0 radical (unpaired) electrons. The van der Waals surface area contributed by atoms with Crippen LogP contribution in [0.2, 0.25) is 0 Å². The standard InChI is InChI=1S/C17H22N2O2/c1-19-16(20)14-10-9-13(11-15(14)17(19)21)18-12-7-5-3-2-4-6-8-12/h9-12,18H,2-8H2,1H3. The van der Waals surface area contributed by atoms with E-state index in [9.17, 15) is 9.59 Å². The maximum atomic E-state index is 12.0. The van der Waals surface area contributed by atoms with Gasteiger partial charge in [-0.1, -0.05) is 32.1 Å². The highest BCUT2D eigenvalue weighted by Crippen LogP contribution is 2.26. The summed E-state index contributed by atoms with van der Waals surface area (Å²) in [5, 5.41) is 3.55. The first-order chi connectivity index (χ1) is 10.2. The molecular weight excluding hydrogens is 264 g/mol. The van der Waals surface area contributed by atoms with E-state index in [0.29, 0.717) is 17.2 Å². The lowest BCUT2D eigenvalue weighted by Gasteiger charge is -2.22. The van der Waals surface area contributed by atoms with Crippen molar-refractivity contribution in [2.75, 3.05) is 12.4 Å². The average Bonchev–Trinajstić information content (AvgIpc) is 2.67. The highest BCUT2D eigenvalue weighted by molar-refractivity contribution is 6.21. The average molecular weight is 286 g/mol. The SMILES string of the molecule is CN1C(=O)c2ccc(NC3CCCCCCC3)cc2C1=O. The van der Waals surface area contributed by atoms with Crippen molar-refractivity contribution in [3.63, 3.8) is 0 Å². The van der Waals surface area contributed by atoms with Crippen LogP contribution in [0.5, 0.6) is 0 Å². The molecule has 0 saturated heterocycles. The summed E-state index contributed by atoms with van der Waals surface area (Å²) < 4.78 is 0. The van der Waals surface area contributed by atoms with Gasteiger partial charge in [-0.05, 0) is 31.0 Å². The van der Waals surface area contributed by atoms with Crippen LogP contribution in [-0.4, -0.2) is 29.8 Å². The van der Waals surface area contributed by atoms with Gasteiger partial charge in [0, 0.05) is 18.8 Å². The summed E-state index contributed by atoms with van der Waals surface area (Å²) in [5.74, 6) is -0.399. The minimum atomic E-state index is -0.201. The Morgan fingerprint density at radius 1 is 0.952 bits per heavy atom. The third kappa shape index (κ3) is 2.80. The van der Waals surface area contributed by atoms with Crippen molar-refractivity contribution in [3.05, 3.63) is 29.3 Å². The molecular formula is C17H22N2O2. The normalized spacial score (nSPS) is 20.1. The number of rotatable bonds is 2. The third-order valence-electron chi connectivity index (χ3n) is 4.57. The number of carbonyl (C=O) groups excluding carboxylic acids is 2. The van der Waals surface area contributed by atoms with Crippen molar-refractivity contribution in [2.45, 2.75) is 51.0 Å². The molecule has 1 N–H and O–H groups in total. The van der Waals surface area contributed by atoms with Crippen LogP contribution in [0.25, 0.3) is 0 Å². The summed E-state index contributed by atoms with van der Waals surface area (Å²) >= 11 is 0. The number of hydrogen-bond donors (Lipinski definition) is 1. The number of imide groups is 1. The van der Waals surface area contributed by atoms with E-state index in [1.165, 1.54) is 56.9 Å². The first-order valence-electron chi connectivity index (χ1n) is 7.90. The number of anilines is 1. The van der Waals surface area contributed by atoms with Crippen molar-refractivity contribution in [2.24, 2.45) is 0 Å². The zero-order chi connectivity index (χ0) is 14.8. The van der Waals surface area contributed by atoms with E-state index in [-0.39, 0.29) is 11.8 Å². The van der Waals surface area contributed by atoms with Gasteiger partial charge in [-0.2, -0.15) is 0 Å². The lowest BCUT2D eigenvalue weighted by Crippen LogP contribution is -2.24. The molecule has 112 valence electrons. The number of nitrogens with one attached hydrogen (secondary N) is 1. The van der Waals surface area contributed by atoms with Gasteiger partial charge in [0.05, 0.1) is 11.1 Å². The second-order valence-electron chi connectivity index (χ2n) is 6.12. The van der Waals surface area contributed by atoms with E-state index >= 15 is 0 Å². The molecule has 0 aromatic heterocycles. The van der Waals surface area contributed by atoms with Gasteiger partial charge in [-0.15, -0.1) is 0 Å². The molecule has 4 heteroatoms. The monoisotopic (exact) mass is 286 g/mol. The van der Waals surface area contributed by atoms with Crippen molar-refractivity contribution in [1.82, 2.24) is 4.90 Å². The van der Waals surface area contributed by atoms with Gasteiger partial charge in [-0.25, -0.2) is 0 Å². The predicted octanol–water partition coefficient (Wildman–Crippen LogP) is 3.44. The van der Waals surface area contributed by atoms with Crippen LogP contribution in [0, 0.1) is 0 Å².